The summed E-state index contributed by atoms with van der Waals surface area (Å²) in [7, 11) is 2.24. The van der Waals surface area contributed by atoms with Crippen LogP contribution in [0.5, 0.6) is 5.75 Å². The Morgan fingerprint density at radius 2 is 2.16 bits per heavy atom. The first kappa shape index (κ1) is 14.7. The highest BCUT2D eigenvalue weighted by molar-refractivity contribution is 5.74. The molecule has 1 heterocycles. The molecule has 1 aromatic rings. The zero-order valence-electron chi connectivity index (χ0n) is 10.1. The highest BCUT2D eigenvalue weighted by Crippen LogP contribution is 2.32. The summed E-state index contributed by atoms with van der Waals surface area (Å²) in [5.41, 5.74) is -1.09. The van der Waals surface area contributed by atoms with E-state index in [0.29, 0.717) is 0 Å². The molecule has 1 rings (SSSR count). The number of esters is 1. The fourth-order valence-corrected chi connectivity index (χ4v) is 1.40. The number of hydrogen-bond acceptors (Lipinski definition) is 6. The van der Waals surface area contributed by atoms with Crippen molar-refractivity contribution in [1.82, 2.24) is 4.98 Å². The molecule has 19 heavy (non-hydrogen) atoms. The number of aromatic nitrogens is 1. The Hall–Kier alpha value is -2.32. The minimum absolute atomic E-state index is 0.206. The molecule has 0 aromatic carbocycles. The second-order valence-electron chi connectivity index (χ2n) is 3.36. The van der Waals surface area contributed by atoms with Crippen LogP contribution in [0, 0.1) is 10.1 Å². The van der Waals surface area contributed by atoms with Crippen LogP contribution in [-0.2, 0) is 16.0 Å². The van der Waals surface area contributed by atoms with E-state index < -0.39 is 35.3 Å². The number of methoxy groups -OCH3 is 2. The van der Waals surface area contributed by atoms with E-state index >= 15 is 0 Å². The Kier molecular flexibility index (Phi) is 4.67. The number of nitro groups is 1. The molecule has 0 aliphatic carbocycles. The monoisotopic (exact) mass is 276 g/mol. The SMILES string of the molecule is COC(=O)Cc1c(OC)cc([N+](=O)[O-])nc1C(F)F. The van der Waals surface area contributed by atoms with Crippen LogP contribution < -0.4 is 4.74 Å². The van der Waals surface area contributed by atoms with Gasteiger partial charge in [0.25, 0.3) is 0 Å². The van der Waals surface area contributed by atoms with Crippen molar-refractivity contribution >= 4 is 11.8 Å². The third-order valence-electron chi connectivity index (χ3n) is 2.26. The fraction of sp³-hybridized carbons (Fsp3) is 0.400. The van der Waals surface area contributed by atoms with Crippen LogP contribution in [0.4, 0.5) is 14.6 Å². The van der Waals surface area contributed by atoms with E-state index in [1.54, 1.807) is 0 Å². The lowest BCUT2D eigenvalue weighted by molar-refractivity contribution is -0.389. The number of pyridine rings is 1. The standard InChI is InChI=1S/C10H10F2N2O5/c1-18-6-4-7(14(16)17)13-9(10(11)12)5(6)3-8(15)19-2/h4,10H,3H2,1-2H3. The highest BCUT2D eigenvalue weighted by atomic mass is 19.3. The van der Waals surface area contributed by atoms with Gasteiger partial charge >= 0.3 is 18.2 Å². The summed E-state index contributed by atoms with van der Waals surface area (Å²) in [6.07, 6.45) is -3.59. The number of hydrogen-bond donors (Lipinski definition) is 0. The van der Waals surface area contributed by atoms with Crippen molar-refractivity contribution in [3.63, 3.8) is 0 Å². The number of alkyl halides is 2. The third kappa shape index (κ3) is 3.33. The quantitative estimate of drug-likeness (QED) is 0.461. The summed E-state index contributed by atoms with van der Waals surface area (Å²) < 4.78 is 34.8. The minimum Gasteiger partial charge on any atom is -0.496 e. The van der Waals surface area contributed by atoms with Crippen molar-refractivity contribution in [3.05, 3.63) is 27.4 Å². The summed E-state index contributed by atoms with van der Waals surface area (Å²) in [4.78, 5) is 24.1. The van der Waals surface area contributed by atoms with Crippen LogP contribution in [0.15, 0.2) is 6.07 Å². The van der Waals surface area contributed by atoms with Gasteiger partial charge in [-0.1, -0.05) is 0 Å². The van der Waals surface area contributed by atoms with E-state index in [4.69, 9.17) is 4.74 Å². The largest absolute Gasteiger partial charge is 0.496 e. The Morgan fingerprint density at radius 1 is 1.53 bits per heavy atom. The smallest absolute Gasteiger partial charge is 0.367 e. The molecule has 7 nitrogen and oxygen atoms in total. The Balaban J connectivity index is 3.40. The summed E-state index contributed by atoms with van der Waals surface area (Å²) in [6.45, 7) is 0. The molecular formula is C10H10F2N2O5. The Bertz CT molecular complexity index is 507. The molecule has 0 atom stereocenters. The topological polar surface area (TPSA) is 91.6 Å². The van der Waals surface area contributed by atoms with Gasteiger partial charge in [0.15, 0.2) is 0 Å². The third-order valence-corrected chi connectivity index (χ3v) is 2.26. The van der Waals surface area contributed by atoms with Gasteiger partial charge in [-0.15, -0.1) is 0 Å². The van der Waals surface area contributed by atoms with Crippen molar-refractivity contribution in [3.8, 4) is 5.75 Å². The molecule has 0 saturated heterocycles. The van der Waals surface area contributed by atoms with Crippen LogP contribution in [0.3, 0.4) is 0 Å². The van der Waals surface area contributed by atoms with Crippen LogP contribution in [-0.4, -0.2) is 30.1 Å². The van der Waals surface area contributed by atoms with Gasteiger partial charge in [0.1, 0.15) is 5.75 Å². The molecule has 0 bridgehead atoms. The van der Waals surface area contributed by atoms with E-state index in [-0.39, 0.29) is 11.3 Å². The second kappa shape index (κ2) is 6.03. The van der Waals surface area contributed by atoms with Crippen LogP contribution in [0.25, 0.3) is 0 Å². The van der Waals surface area contributed by atoms with Gasteiger partial charge in [0.05, 0.1) is 32.3 Å². The molecule has 0 unspecified atom stereocenters. The van der Waals surface area contributed by atoms with Crippen molar-refractivity contribution in [2.45, 2.75) is 12.8 Å². The van der Waals surface area contributed by atoms with E-state index in [1.165, 1.54) is 0 Å². The zero-order chi connectivity index (χ0) is 14.6. The van der Waals surface area contributed by atoms with Gasteiger partial charge < -0.3 is 19.6 Å². The van der Waals surface area contributed by atoms with E-state index in [9.17, 15) is 23.7 Å². The molecule has 1 aromatic heterocycles. The Labute approximate surface area is 106 Å². The number of carbonyl (C=O) groups is 1. The summed E-state index contributed by atoms with van der Waals surface area (Å²) in [5.74, 6) is -1.76. The molecule has 0 aliphatic rings. The number of ether oxygens (including phenoxy) is 2. The van der Waals surface area contributed by atoms with Gasteiger partial charge in [-0.05, 0) is 9.91 Å². The predicted molar refractivity (Wildman–Crippen MR) is 58.1 cm³/mol. The average Bonchev–Trinajstić information content (AvgIpc) is 2.37. The first-order valence-corrected chi connectivity index (χ1v) is 4.97. The van der Waals surface area contributed by atoms with Crippen LogP contribution in [0.1, 0.15) is 17.7 Å². The molecule has 0 radical (unpaired) electrons. The number of carbonyl (C=O) groups excluding carboxylic acids is 1. The number of halogens is 2. The fourth-order valence-electron chi connectivity index (χ4n) is 1.40. The lowest BCUT2D eigenvalue weighted by atomic mass is 10.1. The second-order valence-corrected chi connectivity index (χ2v) is 3.36. The van der Waals surface area contributed by atoms with Gasteiger partial charge in [-0.25, -0.2) is 8.78 Å². The average molecular weight is 276 g/mol. The number of rotatable bonds is 5. The number of nitrogens with zero attached hydrogens (tertiary/aromatic N) is 2. The molecule has 104 valence electrons. The molecule has 0 amide bonds. The molecule has 0 aliphatic heterocycles. The van der Waals surface area contributed by atoms with Gasteiger partial charge in [-0.2, -0.15) is 0 Å². The first-order valence-electron chi connectivity index (χ1n) is 4.97. The van der Waals surface area contributed by atoms with Crippen molar-refractivity contribution in [1.29, 1.82) is 0 Å². The minimum atomic E-state index is -3.08. The molecule has 0 spiro atoms. The normalized spacial score (nSPS) is 10.4. The summed E-state index contributed by atoms with van der Waals surface area (Å²) in [6, 6.07) is 0.879. The van der Waals surface area contributed by atoms with E-state index in [2.05, 4.69) is 9.72 Å². The van der Waals surface area contributed by atoms with E-state index in [1.807, 2.05) is 0 Å². The summed E-state index contributed by atoms with van der Waals surface area (Å²) in [5, 5.41) is 10.6. The highest BCUT2D eigenvalue weighted by Gasteiger charge is 2.29. The van der Waals surface area contributed by atoms with Gasteiger partial charge in [0.2, 0.25) is 5.69 Å². The maximum Gasteiger partial charge on any atom is 0.367 e. The maximum absolute atomic E-state index is 12.8. The Morgan fingerprint density at radius 3 is 2.58 bits per heavy atom. The van der Waals surface area contributed by atoms with Gasteiger partial charge in [-0.3, -0.25) is 4.79 Å². The molecule has 9 heteroatoms. The zero-order valence-corrected chi connectivity index (χ0v) is 10.1. The predicted octanol–water partition coefficient (Wildman–Crippen LogP) is 1.65. The van der Waals surface area contributed by atoms with Crippen molar-refractivity contribution in [2.75, 3.05) is 14.2 Å². The first-order chi connectivity index (χ1) is 8.90. The molecule has 0 N–H and O–H groups in total. The maximum atomic E-state index is 12.8. The molecule has 0 fully saturated rings. The molecule has 0 saturated carbocycles. The lowest BCUT2D eigenvalue weighted by Gasteiger charge is -2.09. The van der Waals surface area contributed by atoms with Crippen molar-refractivity contribution < 1.29 is 28.0 Å². The van der Waals surface area contributed by atoms with Crippen LogP contribution in [0.2, 0.25) is 0 Å². The van der Waals surface area contributed by atoms with Crippen molar-refractivity contribution in [2.24, 2.45) is 0 Å². The molecular weight excluding hydrogens is 266 g/mol. The summed E-state index contributed by atoms with van der Waals surface area (Å²) >= 11 is 0. The van der Waals surface area contributed by atoms with Gasteiger partial charge in [0, 0.05) is 0 Å². The van der Waals surface area contributed by atoms with Crippen LogP contribution >= 0.6 is 0 Å². The van der Waals surface area contributed by atoms with E-state index in [0.717, 1.165) is 20.3 Å². The lowest BCUT2D eigenvalue weighted by Crippen LogP contribution is -2.11.